The van der Waals surface area contributed by atoms with Gasteiger partial charge in [0.25, 0.3) is 5.91 Å². The fourth-order valence-corrected chi connectivity index (χ4v) is 2.65. The quantitative estimate of drug-likeness (QED) is 0.691. The third kappa shape index (κ3) is 3.80. The number of rotatable bonds is 5. The number of carbonyl (C=O) groups is 1. The number of hydrogen-bond acceptors (Lipinski definition) is 4. The summed E-state index contributed by atoms with van der Waals surface area (Å²) in [5, 5.41) is 2.95. The molecular formula is C20H18FN3O2. The van der Waals surface area contributed by atoms with Gasteiger partial charge >= 0.3 is 0 Å². The number of nitrogens with one attached hydrogen (secondary N) is 1. The van der Waals surface area contributed by atoms with Crippen molar-refractivity contribution in [3.63, 3.8) is 0 Å². The molecule has 0 spiro atoms. The molecule has 1 unspecified atom stereocenters. The molecule has 0 aliphatic heterocycles. The van der Waals surface area contributed by atoms with E-state index in [0.29, 0.717) is 17.0 Å². The van der Waals surface area contributed by atoms with E-state index in [9.17, 15) is 9.18 Å². The average molecular weight is 351 g/mol. The topological polar surface area (TPSA) is 77.2 Å². The molecule has 1 heterocycles. The largest absolute Gasteiger partial charge is 0.497 e. The average Bonchev–Trinajstić information content (AvgIpc) is 2.67. The predicted molar refractivity (Wildman–Crippen MR) is 97.4 cm³/mol. The van der Waals surface area contributed by atoms with E-state index in [0.717, 1.165) is 11.1 Å². The lowest BCUT2D eigenvalue weighted by atomic mass is 9.99. The van der Waals surface area contributed by atoms with Crippen molar-refractivity contribution in [2.24, 2.45) is 0 Å². The molecule has 3 N–H and O–H groups in total. The minimum absolute atomic E-state index is 0.314. The van der Waals surface area contributed by atoms with Gasteiger partial charge in [0.2, 0.25) is 0 Å². The standard InChI is InChI=1S/C20H18FN3O2/c1-26-16-6-7-17(18(22)12-16)20(25)24-19(14-8-10-23-11-9-14)13-2-4-15(21)5-3-13/h2-12,19H,22H2,1H3,(H,24,25). The summed E-state index contributed by atoms with van der Waals surface area (Å²) in [4.78, 5) is 16.8. The number of nitrogen functional groups attached to an aromatic ring is 1. The van der Waals surface area contributed by atoms with Crippen LogP contribution in [0.4, 0.5) is 10.1 Å². The first kappa shape index (κ1) is 17.4. The molecule has 1 aromatic heterocycles. The minimum atomic E-state index is -0.465. The van der Waals surface area contributed by atoms with Gasteiger partial charge in [0.1, 0.15) is 11.6 Å². The molecule has 2 aromatic carbocycles. The zero-order valence-electron chi connectivity index (χ0n) is 14.1. The summed E-state index contributed by atoms with van der Waals surface area (Å²) in [5.74, 6) is -0.104. The first-order valence-electron chi connectivity index (χ1n) is 7.98. The summed E-state index contributed by atoms with van der Waals surface area (Å²) in [6, 6.07) is 14.0. The Bertz CT molecular complexity index is 899. The number of aromatic nitrogens is 1. The van der Waals surface area contributed by atoms with Gasteiger partial charge in [-0.2, -0.15) is 0 Å². The van der Waals surface area contributed by atoms with Crippen LogP contribution in [-0.4, -0.2) is 18.0 Å². The number of nitrogens with two attached hydrogens (primary N) is 1. The van der Waals surface area contributed by atoms with Crippen LogP contribution in [0, 0.1) is 5.82 Å². The van der Waals surface area contributed by atoms with Crippen LogP contribution in [0.1, 0.15) is 27.5 Å². The van der Waals surface area contributed by atoms with Crippen LogP contribution in [0.5, 0.6) is 5.75 Å². The highest BCUT2D eigenvalue weighted by Crippen LogP contribution is 2.24. The van der Waals surface area contributed by atoms with Crippen molar-refractivity contribution in [2.75, 3.05) is 12.8 Å². The van der Waals surface area contributed by atoms with Gasteiger partial charge in [-0.3, -0.25) is 9.78 Å². The summed E-state index contributed by atoms with van der Waals surface area (Å²) in [6.07, 6.45) is 3.28. The van der Waals surface area contributed by atoms with Crippen LogP contribution in [0.15, 0.2) is 67.0 Å². The van der Waals surface area contributed by atoms with Gasteiger partial charge in [-0.1, -0.05) is 12.1 Å². The maximum atomic E-state index is 13.3. The SMILES string of the molecule is COc1ccc(C(=O)NC(c2ccncc2)c2ccc(F)cc2)c(N)c1. The number of amides is 1. The van der Waals surface area contributed by atoms with Crippen LogP contribution in [0.2, 0.25) is 0 Å². The monoisotopic (exact) mass is 351 g/mol. The molecule has 0 saturated heterocycles. The Morgan fingerprint density at radius 2 is 1.73 bits per heavy atom. The Balaban J connectivity index is 1.93. The highest BCUT2D eigenvalue weighted by Gasteiger charge is 2.19. The van der Waals surface area contributed by atoms with Crippen LogP contribution < -0.4 is 15.8 Å². The second-order valence-corrected chi connectivity index (χ2v) is 5.69. The zero-order chi connectivity index (χ0) is 18.5. The van der Waals surface area contributed by atoms with E-state index in [4.69, 9.17) is 10.5 Å². The number of nitrogens with zero attached hydrogens (tertiary/aromatic N) is 1. The lowest BCUT2D eigenvalue weighted by Crippen LogP contribution is -2.30. The molecule has 1 atom stereocenters. The summed E-state index contributed by atoms with van der Waals surface area (Å²) < 4.78 is 18.4. The van der Waals surface area contributed by atoms with Gasteiger partial charge in [-0.05, 0) is 47.5 Å². The van der Waals surface area contributed by atoms with Crippen LogP contribution in [-0.2, 0) is 0 Å². The van der Waals surface area contributed by atoms with E-state index in [2.05, 4.69) is 10.3 Å². The Morgan fingerprint density at radius 3 is 2.35 bits per heavy atom. The molecule has 0 fully saturated rings. The Hall–Kier alpha value is -3.41. The molecule has 0 aliphatic carbocycles. The number of carbonyl (C=O) groups excluding carboxylic acids is 1. The Morgan fingerprint density at radius 1 is 1.08 bits per heavy atom. The van der Waals surface area contributed by atoms with Crippen molar-refractivity contribution in [1.29, 1.82) is 0 Å². The number of hydrogen-bond donors (Lipinski definition) is 2. The number of pyridine rings is 1. The molecule has 0 aliphatic rings. The van der Waals surface area contributed by atoms with Gasteiger partial charge < -0.3 is 15.8 Å². The number of halogens is 1. The van der Waals surface area contributed by atoms with Crippen molar-refractivity contribution in [2.45, 2.75) is 6.04 Å². The van der Waals surface area contributed by atoms with Gasteiger partial charge in [0, 0.05) is 24.1 Å². The summed E-state index contributed by atoms with van der Waals surface area (Å²) in [5.41, 5.74) is 8.20. The maximum Gasteiger partial charge on any atom is 0.254 e. The van der Waals surface area contributed by atoms with Gasteiger partial charge in [0.05, 0.1) is 18.7 Å². The van der Waals surface area contributed by atoms with Crippen molar-refractivity contribution < 1.29 is 13.9 Å². The normalized spacial score (nSPS) is 11.6. The summed E-state index contributed by atoms with van der Waals surface area (Å²) >= 11 is 0. The van der Waals surface area contributed by atoms with E-state index in [1.54, 1.807) is 54.9 Å². The van der Waals surface area contributed by atoms with E-state index >= 15 is 0 Å². The van der Waals surface area contributed by atoms with Crippen LogP contribution in [0.25, 0.3) is 0 Å². The molecule has 3 rings (SSSR count). The van der Waals surface area contributed by atoms with Gasteiger partial charge in [0.15, 0.2) is 0 Å². The molecular weight excluding hydrogens is 333 g/mol. The number of anilines is 1. The van der Waals surface area contributed by atoms with Crippen LogP contribution in [0.3, 0.4) is 0 Å². The highest BCUT2D eigenvalue weighted by atomic mass is 19.1. The van der Waals surface area contributed by atoms with E-state index < -0.39 is 6.04 Å². The summed E-state index contributed by atoms with van der Waals surface area (Å²) in [7, 11) is 1.53. The molecule has 1 amide bonds. The second kappa shape index (κ2) is 7.65. The number of ether oxygens (including phenoxy) is 1. The lowest BCUT2D eigenvalue weighted by Gasteiger charge is -2.20. The van der Waals surface area contributed by atoms with Crippen molar-refractivity contribution >= 4 is 11.6 Å². The maximum absolute atomic E-state index is 13.3. The smallest absolute Gasteiger partial charge is 0.254 e. The van der Waals surface area contributed by atoms with Crippen molar-refractivity contribution in [3.8, 4) is 5.75 Å². The molecule has 132 valence electrons. The molecule has 0 saturated carbocycles. The number of methoxy groups -OCH3 is 1. The fraction of sp³-hybridized carbons (Fsp3) is 0.100. The predicted octanol–water partition coefficient (Wildman–Crippen LogP) is 3.33. The summed E-state index contributed by atoms with van der Waals surface area (Å²) in [6.45, 7) is 0. The van der Waals surface area contributed by atoms with E-state index in [1.807, 2.05) is 0 Å². The zero-order valence-corrected chi connectivity index (χ0v) is 14.1. The molecule has 6 heteroatoms. The first-order valence-corrected chi connectivity index (χ1v) is 7.98. The second-order valence-electron chi connectivity index (χ2n) is 5.69. The fourth-order valence-electron chi connectivity index (χ4n) is 2.65. The molecule has 26 heavy (non-hydrogen) atoms. The minimum Gasteiger partial charge on any atom is -0.497 e. The Kier molecular flexibility index (Phi) is 5.12. The first-order chi connectivity index (χ1) is 12.6. The van der Waals surface area contributed by atoms with Crippen LogP contribution >= 0.6 is 0 Å². The third-order valence-corrected chi connectivity index (χ3v) is 4.02. The van der Waals surface area contributed by atoms with E-state index in [1.165, 1.54) is 19.2 Å². The molecule has 5 nitrogen and oxygen atoms in total. The van der Waals surface area contributed by atoms with Crippen molar-refractivity contribution in [3.05, 3.63) is 89.5 Å². The Labute approximate surface area is 150 Å². The van der Waals surface area contributed by atoms with Crippen molar-refractivity contribution in [1.82, 2.24) is 10.3 Å². The molecule has 3 aromatic rings. The number of benzene rings is 2. The van der Waals surface area contributed by atoms with E-state index in [-0.39, 0.29) is 11.7 Å². The highest BCUT2D eigenvalue weighted by molar-refractivity contribution is 5.99. The molecule has 0 bridgehead atoms. The molecule has 0 radical (unpaired) electrons. The van der Waals surface area contributed by atoms with Gasteiger partial charge in [-0.15, -0.1) is 0 Å². The third-order valence-electron chi connectivity index (χ3n) is 4.02. The lowest BCUT2D eigenvalue weighted by molar-refractivity contribution is 0.0944. The van der Waals surface area contributed by atoms with Gasteiger partial charge in [-0.25, -0.2) is 4.39 Å².